The minimum Gasteiger partial charge on any atom is -0.324 e. The molecule has 0 aromatic heterocycles. The molecule has 7 heteroatoms. The van der Waals surface area contributed by atoms with E-state index in [4.69, 9.17) is 11.6 Å². The Labute approximate surface area is 153 Å². The first-order chi connectivity index (χ1) is 11.6. The number of carbonyl (C=O) groups excluding carboxylic acids is 1. The van der Waals surface area contributed by atoms with Crippen molar-refractivity contribution in [2.45, 2.75) is 26.8 Å². The van der Waals surface area contributed by atoms with E-state index >= 15 is 0 Å². The normalized spacial score (nSPS) is 12.5. The van der Waals surface area contributed by atoms with Crippen LogP contribution in [-0.2, 0) is 14.8 Å². The summed E-state index contributed by atoms with van der Waals surface area (Å²) in [6, 6.07) is 11.2. The summed E-state index contributed by atoms with van der Waals surface area (Å²) in [6.07, 6.45) is 1.08. The second-order valence-electron chi connectivity index (χ2n) is 6.02. The number of rotatable bonds is 5. The highest BCUT2D eigenvalue weighted by atomic mass is 35.5. The fourth-order valence-corrected chi connectivity index (χ4v) is 3.81. The molecule has 134 valence electrons. The van der Waals surface area contributed by atoms with Crippen LogP contribution in [0.3, 0.4) is 0 Å². The second kappa shape index (κ2) is 7.45. The molecule has 0 spiro atoms. The molecule has 0 aliphatic rings. The van der Waals surface area contributed by atoms with E-state index in [1.165, 1.54) is 0 Å². The van der Waals surface area contributed by atoms with E-state index in [1.54, 1.807) is 49.4 Å². The highest BCUT2D eigenvalue weighted by Crippen LogP contribution is 2.24. The first-order valence-corrected chi connectivity index (χ1v) is 9.95. The summed E-state index contributed by atoms with van der Waals surface area (Å²) in [4.78, 5) is 12.6. The van der Waals surface area contributed by atoms with Gasteiger partial charge in [0.15, 0.2) is 0 Å². The van der Waals surface area contributed by atoms with Gasteiger partial charge in [0.25, 0.3) is 0 Å². The molecule has 2 aromatic rings. The number of hydrogen-bond acceptors (Lipinski definition) is 3. The summed E-state index contributed by atoms with van der Waals surface area (Å²) < 4.78 is 25.6. The molecule has 0 aliphatic heterocycles. The molecule has 1 atom stereocenters. The summed E-state index contributed by atoms with van der Waals surface area (Å²) in [5.74, 6) is -0.434. The topological polar surface area (TPSA) is 66.5 Å². The van der Waals surface area contributed by atoms with Crippen molar-refractivity contribution in [2.75, 3.05) is 15.9 Å². The molecule has 1 amide bonds. The molecule has 2 rings (SSSR count). The third kappa shape index (κ3) is 4.74. The van der Waals surface area contributed by atoms with E-state index in [-0.39, 0.29) is 0 Å². The van der Waals surface area contributed by atoms with Crippen LogP contribution in [0.2, 0.25) is 5.02 Å². The lowest BCUT2D eigenvalue weighted by atomic mass is 10.2. The van der Waals surface area contributed by atoms with Crippen LogP contribution >= 0.6 is 11.6 Å². The Morgan fingerprint density at radius 1 is 1.12 bits per heavy atom. The van der Waals surface area contributed by atoms with Gasteiger partial charge in [0.2, 0.25) is 15.9 Å². The minimum atomic E-state index is -3.64. The van der Waals surface area contributed by atoms with Gasteiger partial charge in [-0.15, -0.1) is 0 Å². The smallest absolute Gasteiger partial charge is 0.248 e. The molecule has 0 fully saturated rings. The Morgan fingerprint density at radius 3 is 2.28 bits per heavy atom. The third-order valence-corrected chi connectivity index (χ3v) is 5.31. The van der Waals surface area contributed by atoms with E-state index in [0.29, 0.717) is 16.4 Å². The van der Waals surface area contributed by atoms with Crippen LogP contribution < -0.4 is 9.62 Å². The third-order valence-electron chi connectivity index (χ3n) is 3.83. The Morgan fingerprint density at radius 2 is 1.72 bits per heavy atom. The first-order valence-electron chi connectivity index (χ1n) is 7.72. The zero-order valence-electron chi connectivity index (χ0n) is 14.6. The van der Waals surface area contributed by atoms with Gasteiger partial charge in [-0.3, -0.25) is 9.10 Å². The molecule has 2 aromatic carbocycles. The lowest BCUT2D eigenvalue weighted by Crippen LogP contribution is -2.45. The van der Waals surface area contributed by atoms with E-state index in [9.17, 15) is 13.2 Å². The predicted molar refractivity (Wildman–Crippen MR) is 103 cm³/mol. The standard InChI is InChI=1S/C18H21ClN2O3S/c1-12-5-9-16(10-6-12)21(25(4,23)24)14(3)18(22)20-17-11-15(19)8-7-13(17)2/h5-11,14H,1-4H3,(H,20,22)/t14-/m0/s1. The van der Waals surface area contributed by atoms with Crippen molar-refractivity contribution >= 4 is 38.9 Å². The summed E-state index contributed by atoms with van der Waals surface area (Å²) in [5.41, 5.74) is 2.84. The van der Waals surface area contributed by atoms with Crippen LogP contribution in [0, 0.1) is 13.8 Å². The van der Waals surface area contributed by atoms with Crippen molar-refractivity contribution in [1.82, 2.24) is 0 Å². The molecule has 0 heterocycles. The number of nitrogens with zero attached hydrogens (tertiary/aromatic N) is 1. The van der Waals surface area contributed by atoms with Gasteiger partial charge in [0.1, 0.15) is 6.04 Å². The Balaban J connectivity index is 2.33. The molecule has 0 radical (unpaired) electrons. The van der Waals surface area contributed by atoms with Crippen molar-refractivity contribution < 1.29 is 13.2 Å². The van der Waals surface area contributed by atoms with E-state index in [1.807, 2.05) is 13.8 Å². The number of amides is 1. The SMILES string of the molecule is Cc1ccc(N([C@@H](C)C(=O)Nc2cc(Cl)ccc2C)S(C)(=O)=O)cc1. The molecule has 0 bridgehead atoms. The number of aryl methyl sites for hydroxylation is 2. The number of benzene rings is 2. The maximum atomic E-state index is 12.6. The summed E-state index contributed by atoms with van der Waals surface area (Å²) in [5, 5.41) is 3.25. The van der Waals surface area contributed by atoms with Gasteiger partial charge in [0, 0.05) is 10.7 Å². The van der Waals surface area contributed by atoms with E-state index in [2.05, 4.69) is 5.32 Å². The lowest BCUT2D eigenvalue weighted by Gasteiger charge is -2.28. The number of sulfonamides is 1. The van der Waals surface area contributed by atoms with Crippen molar-refractivity contribution in [1.29, 1.82) is 0 Å². The Hall–Kier alpha value is -2.05. The van der Waals surface area contributed by atoms with E-state index in [0.717, 1.165) is 21.7 Å². The van der Waals surface area contributed by atoms with Crippen LogP contribution in [0.25, 0.3) is 0 Å². The van der Waals surface area contributed by atoms with Crippen LogP contribution in [0.5, 0.6) is 0 Å². The van der Waals surface area contributed by atoms with Gasteiger partial charge in [-0.2, -0.15) is 0 Å². The second-order valence-corrected chi connectivity index (χ2v) is 8.31. The van der Waals surface area contributed by atoms with Gasteiger partial charge in [-0.1, -0.05) is 35.4 Å². The van der Waals surface area contributed by atoms with Crippen molar-refractivity contribution in [3.05, 3.63) is 58.6 Å². The number of nitrogens with one attached hydrogen (secondary N) is 1. The predicted octanol–water partition coefficient (Wildman–Crippen LogP) is 3.75. The first kappa shape index (κ1) is 19.3. The van der Waals surface area contributed by atoms with Crippen LogP contribution in [0.1, 0.15) is 18.1 Å². The molecule has 0 saturated carbocycles. The van der Waals surface area contributed by atoms with Crippen molar-refractivity contribution in [3.63, 3.8) is 0 Å². The minimum absolute atomic E-state index is 0.434. The molecular formula is C18H21ClN2O3S. The summed E-state index contributed by atoms with van der Waals surface area (Å²) in [7, 11) is -3.64. The maximum Gasteiger partial charge on any atom is 0.248 e. The van der Waals surface area contributed by atoms with Crippen molar-refractivity contribution in [3.8, 4) is 0 Å². The van der Waals surface area contributed by atoms with E-state index < -0.39 is 22.0 Å². The molecule has 25 heavy (non-hydrogen) atoms. The van der Waals surface area contributed by atoms with Crippen LogP contribution in [-0.4, -0.2) is 26.6 Å². The molecule has 1 N–H and O–H groups in total. The largest absolute Gasteiger partial charge is 0.324 e. The highest BCUT2D eigenvalue weighted by Gasteiger charge is 2.29. The van der Waals surface area contributed by atoms with Crippen molar-refractivity contribution in [2.24, 2.45) is 0 Å². The van der Waals surface area contributed by atoms with Crippen LogP contribution in [0.4, 0.5) is 11.4 Å². The average Bonchev–Trinajstić information content (AvgIpc) is 2.51. The Kier molecular flexibility index (Phi) is 5.75. The maximum absolute atomic E-state index is 12.6. The fraction of sp³-hybridized carbons (Fsp3) is 0.278. The number of anilines is 2. The van der Waals surface area contributed by atoms with Gasteiger partial charge in [-0.25, -0.2) is 8.42 Å². The highest BCUT2D eigenvalue weighted by molar-refractivity contribution is 7.92. The molecule has 0 aliphatic carbocycles. The molecular weight excluding hydrogens is 360 g/mol. The summed E-state index contributed by atoms with van der Waals surface area (Å²) in [6.45, 7) is 5.30. The number of halogens is 1. The van der Waals surface area contributed by atoms with Gasteiger partial charge in [-0.05, 0) is 50.6 Å². The molecule has 0 saturated heterocycles. The number of carbonyl (C=O) groups is 1. The van der Waals surface area contributed by atoms with Crippen LogP contribution in [0.15, 0.2) is 42.5 Å². The Bertz CT molecular complexity index is 880. The zero-order chi connectivity index (χ0) is 18.8. The van der Waals surface area contributed by atoms with Gasteiger partial charge >= 0.3 is 0 Å². The molecule has 5 nitrogen and oxygen atoms in total. The summed E-state index contributed by atoms with van der Waals surface area (Å²) >= 11 is 5.97. The lowest BCUT2D eigenvalue weighted by molar-refractivity contribution is -0.116. The fourth-order valence-electron chi connectivity index (χ4n) is 2.47. The quantitative estimate of drug-likeness (QED) is 0.858. The monoisotopic (exact) mass is 380 g/mol. The van der Waals surface area contributed by atoms with Gasteiger partial charge < -0.3 is 5.32 Å². The van der Waals surface area contributed by atoms with Gasteiger partial charge in [0.05, 0.1) is 11.9 Å². The number of hydrogen-bond donors (Lipinski definition) is 1. The molecule has 0 unspecified atom stereocenters. The average molecular weight is 381 g/mol. The zero-order valence-corrected chi connectivity index (χ0v) is 16.1.